The van der Waals surface area contributed by atoms with Gasteiger partial charge in [-0.3, -0.25) is 0 Å². The fourth-order valence-electron chi connectivity index (χ4n) is 3.80. The number of hydrogen-bond acceptors (Lipinski definition) is 3. The van der Waals surface area contributed by atoms with Crippen LogP contribution in [0.3, 0.4) is 0 Å². The van der Waals surface area contributed by atoms with Crippen molar-refractivity contribution >= 4 is 0 Å². The van der Waals surface area contributed by atoms with Crippen molar-refractivity contribution in [3.05, 3.63) is 29.8 Å². The largest absolute Gasteiger partial charge is 0.496 e. The Kier molecular flexibility index (Phi) is 5.28. The van der Waals surface area contributed by atoms with Crippen molar-refractivity contribution in [2.45, 2.75) is 57.5 Å². The molecule has 1 fully saturated rings. The van der Waals surface area contributed by atoms with E-state index in [-0.39, 0.29) is 5.41 Å². The third-order valence-electron chi connectivity index (χ3n) is 5.37. The quantitative estimate of drug-likeness (QED) is 0.891. The summed E-state index contributed by atoms with van der Waals surface area (Å²) in [7, 11) is 1.65. The average Bonchev–Trinajstić information content (AvgIpc) is 2.47. The molecule has 1 unspecified atom stereocenters. The lowest BCUT2D eigenvalue weighted by Crippen LogP contribution is -2.49. The van der Waals surface area contributed by atoms with Crippen LogP contribution in [0.25, 0.3) is 0 Å². The van der Waals surface area contributed by atoms with Crippen LogP contribution in [-0.2, 0) is 5.60 Å². The number of benzene rings is 1. The average molecular weight is 291 g/mol. The van der Waals surface area contributed by atoms with Crippen LogP contribution in [-0.4, -0.2) is 18.8 Å². The molecule has 1 aromatic carbocycles. The minimum absolute atomic E-state index is 0.262. The molecule has 0 bridgehead atoms. The van der Waals surface area contributed by atoms with Gasteiger partial charge in [-0.2, -0.15) is 0 Å². The maximum atomic E-state index is 11.4. The molecule has 3 heteroatoms. The van der Waals surface area contributed by atoms with Crippen molar-refractivity contribution in [3.63, 3.8) is 0 Å². The fourth-order valence-corrected chi connectivity index (χ4v) is 3.80. The second kappa shape index (κ2) is 6.80. The standard InChI is InChI=1S/C18H29NO2/c1-17(20,15-10-6-7-11-16(15)21-2)18(14-19)12-8-4-3-5-9-13-18/h6-7,10-11,20H,3-5,8-9,12-14,19H2,1-2H3. The third kappa shape index (κ3) is 3.09. The highest BCUT2D eigenvalue weighted by molar-refractivity contribution is 5.39. The molecule has 0 spiro atoms. The van der Waals surface area contributed by atoms with Gasteiger partial charge in [0.15, 0.2) is 0 Å². The van der Waals surface area contributed by atoms with E-state index in [0.29, 0.717) is 6.54 Å². The van der Waals surface area contributed by atoms with Gasteiger partial charge < -0.3 is 15.6 Å². The van der Waals surface area contributed by atoms with Gasteiger partial charge >= 0.3 is 0 Å². The molecule has 1 saturated carbocycles. The van der Waals surface area contributed by atoms with Crippen LogP contribution in [0.1, 0.15) is 57.4 Å². The molecule has 1 aliphatic rings. The highest BCUT2D eigenvalue weighted by Gasteiger charge is 2.47. The first kappa shape index (κ1) is 16.3. The van der Waals surface area contributed by atoms with Crippen molar-refractivity contribution in [1.82, 2.24) is 0 Å². The topological polar surface area (TPSA) is 55.5 Å². The van der Waals surface area contributed by atoms with Crippen LogP contribution < -0.4 is 10.5 Å². The molecular weight excluding hydrogens is 262 g/mol. The SMILES string of the molecule is COc1ccccc1C(C)(O)C1(CN)CCCCCCC1. The summed E-state index contributed by atoms with van der Waals surface area (Å²) in [5.74, 6) is 0.748. The van der Waals surface area contributed by atoms with Crippen LogP contribution in [0, 0.1) is 5.41 Å². The summed E-state index contributed by atoms with van der Waals surface area (Å²) < 4.78 is 5.47. The minimum Gasteiger partial charge on any atom is -0.496 e. The normalized spacial score (nSPS) is 21.9. The van der Waals surface area contributed by atoms with Crippen molar-refractivity contribution in [2.75, 3.05) is 13.7 Å². The number of rotatable bonds is 4. The Morgan fingerprint density at radius 3 is 2.29 bits per heavy atom. The first-order chi connectivity index (χ1) is 10.1. The molecule has 0 saturated heterocycles. The van der Waals surface area contributed by atoms with Gasteiger partial charge in [-0.25, -0.2) is 0 Å². The van der Waals surface area contributed by atoms with Crippen molar-refractivity contribution in [3.8, 4) is 5.75 Å². The van der Waals surface area contributed by atoms with E-state index < -0.39 is 5.60 Å². The first-order valence-corrected chi connectivity index (χ1v) is 8.13. The zero-order valence-corrected chi connectivity index (χ0v) is 13.4. The molecular formula is C18H29NO2. The van der Waals surface area contributed by atoms with Gasteiger partial charge in [0.05, 0.1) is 12.7 Å². The Bertz CT molecular complexity index is 448. The minimum atomic E-state index is -0.967. The number of aliphatic hydroxyl groups is 1. The lowest BCUT2D eigenvalue weighted by atomic mass is 9.63. The lowest BCUT2D eigenvalue weighted by molar-refractivity contribution is -0.0875. The number of nitrogens with two attached hydrogens (primary N) is 1. The van der Waals surface area contributed by atoms with Crippen LogP contribution in [0.2, 0.25) is 0 Å². The van der Waals surface area contributed by atoms with E-state index in [2.05, 4.69) is 0 Å². The number of methoxy groups -OCH3 is 1. The molecule has 0 radical (unpaired) electrons. The molecule has 0 aromatic heterocycles. The second-order valence-corrected chi connectivity index (χ2v) is 6.52. The molecule has 0 heterocycles. The second-order valence-electron chi connectivity index (χ2n) is 6.52. The van der Waals surface area contributed by atoms with E-state index in [4.69, 9.17) is 10.5 Å². The van der Waals surface area contributed by atoms with Gasteiger partial charge in [0, 0.05) is 17.5 Å². The maximum absolute atomic E-state index is 11.4. The summed E-state index contributed by atoms with van der Waals surface area (Å²) >= 11 is 0. The van der Waals surface area contributed by atoms with E-state index in [1.165, 1.54) is 19.3 Å². The molecule has 2 rings (SSSR count). The Morgan fingerprint density at radius 2 is 1.71 bits per heavy atom. The Labute approximate surface area is 128 Å². The Morgan fingerprint density at radius 1 is 1.14 bits per heavy atom. The summed E-state index contributed by atoms with van der Waals surface area (Å²) in [4.78, 5) is 0. The lowest BCUT2D eigenvalue weighted by Gasteiger charge is -2.46. The fraction of sp³-hybridized carbons (Fsp3) is 0.667. The molecule has 1 atom stereocenters. The highest BCUT2D eigenvalue weighted by atomic mass is 16.5. The van der Waals surface area contributed by atoms with Crippen molar-refractivity contribution in [1.29, 1.82) is 0 Å². The molecule has 3 N–H and O–H groups in total. The predicted octanol–water partition coefficient (Wildman–Crippen LogP) is 3.59. The van der Waals surface area contributed by atoms with Gasteiger partial charge in [-0.1, -0.05) is 50.3 Å². The van der Waals surface area contributed by atoms with Crippen molar-refractivity contribution < 1.29 is 9.84 Å². The first-order valence-electron chi connectivity index (χ1n) is 8.13. The van der Waals surface area contributed by atoms with Crippen LogP contribution in [0.5, 0.6) is 5.75 Å². The van der Waals surface area contributed by atoms with Crippen LogP contribution in [0.15, 0.2) is 24.3 Å². The summed E-state index contributed by atoms with van der Waals surface area (Å²) in [5.41, 5.74) is 5.80. The Balaban J connectivity index is 2.41. The van der Waals surface area contributed by atoms with E-state index >= 15 is 0 Å². The number of hydrogen-bond donors (Lipinski definition) is 2. The number of ether oxygens (including phenoxy) is 1. The van der Waals surface area contributed by atoms with Crippen LogP contribution in [0.4, 0.5) is 0 Å². The molecule has 21 heavy (non-hydrogen) atoms. The van der Waals surface area contributed by atoms with Gasteiger partial charge in [0.2, 0.25) is 0 Å². The zero-order chi connectivity index (χ0) is 15.3. The predicted molar refractivity (Wildman–Crippen MR) is 86.4 cm³/mol. The maximum Gasteiger partial charge on any atom is 0.124 e. The van der Waals surface area contributed by atoms with Gasteiger partial charge in [-0.05, 0) is 25.8 Å². The zero-order valence-electron chi connectivity index (χ0n) is 13.4. The number of para-hydroxylation sites is 1. The monoisotopic (exact) mass is 291 g/mol. The smallest absolute Gasteiger partial charge is 0.124 e. The molecule has 118 valence electrons. The van der Waals surface area contributed by atoms with E-state index in [1.54, 1.807) is 7.11 Å². The van der Waals surface area contributed by atoms with Crippen molar-refractivity contribution in [2.24, 2.45) is 11.1 Å². The Hall–Kier alpha value is -1.06. The molecule has 0 aliphatic heterocycles. The molecule has 1 aromatic rings. The van der Waals surface area contributed by atoms with E-state index in [1.807, 2.05) is 31.2 Å². The van der Waals surface area contributed by atoms with Gasteiger partial charge in [0.25, 0.3) is 0 Å². The summed E-state index contributed by atoms with van der Waals surface area (Å²) in [5, 5.41) is 11.4. The summed E-state index contributed by atoms with van der Waals surface area (Å²) in [6, 6.07) is 7.77. The van der Waals surface area contributed by atoms with E-state index in [9.17, 15) is 5.11 Å². The highest BCUT2D eigenvalue weighted by Crippen LogP contribution is 2.49. The summed E-state index contributed by atoms with van der Waals surface area (Å²) in [6.45, 7) is 2.43. The molecule has 1 aliphatic carbocycles. The third-order valence-corrected chi connectivity index (χ3v) is 5.37. The van der Waals surface area contributed by atoms with Gasteiger partial charge in [0.1, 0.15) is 5.75 Å². The molecule has 3 nitrogen and oxygen atoms in total. The van der Waals surface area contributed by atoms with Gasteiger partial charge in [-0.15, -0.1) is 0 Å². The van der Waals surface area contributed by atoms with Crippen LogP contribution >= 0.6 is 0 Å². The summed E-state index contributed by atoms with van der Waals surface area (Å²) in [6.07, 6.45) is 8.03. The van der Waals surface area contributed by atoms with E-state index in [0.717, 1.165) is 37.0 Å². The molecule has 0 amide bonds.